The van der Waals surface area contributed by atoms with Crippen LogP contribution in [-0.4, -0.2) is 26.1 Å². The maximum absolute atomic E-state index is 10.5. The summed E-state index contributed by atoms with van der Waals surface area (Å²) < 4.78 is 1.94. The van der Waals surface area contributed by atoms with Crippen molar-refractivity contribution in [3.63, 3.8) is 0 Å². The molecule has 1 N–H and O–H groups in total. The van der Waals surface area contributed by atoms with Crippen LogP contribution in [0.15, 0.2) is 6.20 Å². The molecule has 1 aliphatic rings. The van der Waals surface area contributed by atoms with Crippen LogP contribution in [0.25, 0.3) is 0 Å². The number of hydrogen-bond acceptors (Lipinski definition) is 3. The molecule has 1 aromatic heterocycles. The Balaban J connectivity index is 1.94. The van der Waals surface area contributed by atoms with E-state index in [0.717, 1.165) is 18.0 Å². The first-order valence-electron chi connectivity index (χ1n) is 6.81. The molecule has 0 amide bonds. The van der Waals surface area contributed by atoms with Gasteiger partial charge in [-0.3, -0.25) is 4.79 Å². The maximum Gasteiger partial charge on any atom is 0.303 e. The molecule has 0 radical (unpaired) electrons. The van der Waals surface area contributed by atoms with Gasteiger partial charge in [0.25, 0.3) is 0 Å². The van der Waals surface area contributed by atoms with Gasteiger partial charge in [-0.25, -0.2) is 4.68 Å². The molecule has 5 heteroatoms. The molecule has 1 saturated carbocycles. The van der Waals surface area contributed by atoms with E-state index in [0.29, 0.717) is 12.5 Å². The highest BCUT2D eigenvalue weighted by atomic mass is 16.4. The summed E-state index contributed by atoms with van der Waals surface area (Å²) in [5.74, 6) is 0.0173. The second kappa shape index (κ2) is 5.98. The smallest absolute Gasteiger partial charge is 0.303 e. The molecule has 0 bridgehead atoms. The molecule has 0 aromatic carbocycles. The van der Waals surface area contributed by atoms with Crippen molar-refractivity contribution >= 4 is 5.97 Å². The fourth-order valence-corrected chi connectivity index (χ4v) is 2.72. The number of aliphatic carboxylic acids is 1. The summed E-state index contributed by atoms with van der Waals surface area (Å²) in [6.07, 6.45) is 8.68. The second-order valence-electron chi connectivity index (χ2n) is 5.18. The zero-order valence-corrected chi connectivity index (χ0v) is 10.9. The van der Waals surface area contributed by atoms with Crippen LogP contribution < -0.4 is 0 Å². The lowest BCUT2D eigenvalue weighted by Gasteiger charge is -2.28. The SMILES string of the molecule is CCC1CCCC(n2cc(CCC(=O)O)nn2)C1. The number of rotatable bonds is 5. The van der Waals surface area contributed by atoms with Gasteiger partial charge in [0.05, 0.1) is 18.2 Å². The Hall–Kier alpha value is -1.39. The zero-order chi connectivity index (χ0) is 13.0. The van der Waals surface area contributed by atoms with Gasteiger partial charge >= 0.3 is 5.97 Å². The zero-order valence-electron chi connectivity index (χ0n) is 10.9. The molecule has 1 aromatic rings. The first-order valence-corrected chi connectivity index (χ1v) is 6.81. The average Bonchev–Trinajstić information content (AvgIpc) is 2.85. The maximum atomic E-state index is 10.5. The lowest BCUT2D eigenvalue weighted by Crippen LogP contribution is -2.19. The lowest BCUT2D eigenvalue weighted by molar-refractivity contribution is -0.136. The molecule has 2 unspecified atom stereocenters. The van der Waals surface area contributed by atoms with Crippen LogP contribution in [0.1, 0.15) is 57.2 Å². The molecule has 2 atom stereocenters. The van der Waals surface area contributed by atoms with Gasteiger partial charge in [-0.15, -0.1) is 5.10 Å². The van der Waals surface area contributed by atoms with E-state index in [2.05, 4.69) is 17.2 Å². The normalized spacial score (nSPS) is 24.1. The third kappa shape index (κ3) is 3.31. The van der Waals surface area contributed by atoms with E-state index < -0.39 is 5.97 Å². The van der Waals surface area contributed by atoms with Gasteiger partial charge in [0.15, 0.2) is 0 Å². The molecule has 0 spiro atoms. The highest BCUT2D eigenvalue weighted by Crippen LogP contribution is 2.33. The highest BCUT2D eigenvalue weighted by Gasteiger charge is 2.23. The van der Waals surface area contributed by atoms with Crippen molar-refractivity contribution in [2.75, 3.05) is 0 Å². The van der Waals surface area contributed by atoms with Crippen LogP contribution in [0.3, 0.4) is 0 Å². The summed E-state index contributed by atoms with van der Waals surface area (Å²) in [4.78, 5) is 10.5. The molecule has 1 fully saturated rings. The number of aryl methyl sites for hydroxylation is 1. The summed E-state index contributed by atoms with van der Waals surface area (Å²) in [5, 5.41) is 16.9. The average molecular weight is 251 g/mol. The predicted octanol–water partition coefficient (Wildman–Crippen LogP) is 2.44. The molecular weight excluding hydrogens is 230 g/mol. The molecule has 1 heterocycles. The van der Waals surface area contributed by atoms with Crippen molar-refractivity contribution in [1.29, 1.82) is 0 Å². The van der Waals surface area contributed by atoms with Crippen molar-refractivity contribution < 1.29 is 9.90 Å². The molecule has 18 heavy (non-hydrogen) atoms. The number of aromatic nitrogens is 3. The van der Waals surface area contributed by atoms with Gasteiger partial charge in [0, 0.05) is 12.6 Å². The number of carboxylic acid groups (broad SMARTS) is 1. The summed E-state index contributed by atoms with van der Waals surface area (Å²) in [6, 6.07) is 0.453. The van der Waals surface area contributed by atoms with E-state index in [1.54, 1.807) is 0 Å². The van der Waals surface area contributed by atoms with Crippen molar-refractivity contribution in [2.24, 2.45) is 5.92 Å². The monoisotopic (exact) mass is 251 g/mol. The van der Waals surface area contributed by atoms with Gasteiger partial charge in [-0.1, -0.05) is 31.4 Å². The topological polar surface area (TPSA) is 68.0 Å². The van der Waals surface area contributed by atoms with Gasteiger partial charge in [-0.2, -0.15) is 0 Å². The van der Waals surface area contributed by atoms with Crippen molar-refractivity contribution in [3.8, 4) is 0 Å². The number of hydrogen-bond donors (Lipinski definition) is 1. The minimum atomic E-state index is -0.784. The van der Waals surface area contributed by atoms with Crippen LogP contribution in [0.4, 0.5) is 0 Å². The van der Waals surface area contributed by atoms with E-state index >= 15 is 0 Å². The first kappa shape index (κ1) is 13.1. The van der Waals surface area contributed by atoms with E-state index in [-0.39, 0.29) is 6.42 Å². The standard InChI is InChI=1S/C13H21N3O2/c1-2-10-4-3-5-12(8-10)16-9-11(14-15-16)6-7-13(17)18/h9-10,12H,2-8H2,1H3,(H,17,18). The van der Waals surface area contributed by atoms with Gasteiger partial charge in [0.1, 0.15) is 0 Å². The molecule has 2 rings (SSSR count). The third-order valence-electron chi connectivity index (χ3n) is 3.86. The Morgan fingerprint density at radius 3 is 3.11 bits per heavy atom. The summed E-state index contributed by atoms with van der Waals surface area (Å²) in [7, 11) is 0. The van der Waals surface area contributed by atoms with E-state index in [1.165, 1.54) is 25.7 Å². The van der Waals surface area contributed by atoms with Crippen molar-refractivity contribution in [3.05, 3.63) is 11.9 Å². The Bertz CT molecular complexity index is 403. The van der Waals surface area contributed by atoms with Crippen LogP contribution >= 0.6 is 0 Å². The Kier molecular flexibility index (Phi) is 4.33. The predicted molar refractivity (Wildman–Crippen MR) is 67.3 cm³/mol. The summed E-state index contributed by atoms with van der Waals surface area (Å²) in [5.41, 5.74) is 0.788. The summed E-state index contributed by atoms with van der Waals surface area (Å²) >= 11 is 0. The highest BCUT2D eigenvalue weighted by molar-refractivity contribution is 5.66. The fourth-order valence-electron chi connectivity index (χ4n) is 2.72. The Morgan fingerprint density at radius 1 is 1.56 bits per heavy atom. The quantitative estimate of drug-likeness (QED) is 0.872. The van der Waals surface area contributed by atoms with Crippen molar-refractivity contribution in [1.82, 2.24) is 15.0 Å². The van der Waals surface area contributed by atoms with Gasteiger partial charge in [0.2, 0.25) is 0 Å². The first-order chi connectivity index (χ1) is 8.69. The molecule has 5 nitrogen and oxygen atoms in total. The minimum absolute atomic E-state index is 0.126. The van der Waals surface area contributed by atoms with Crippen LogP contribution in [0.2, 0.25) is 0 Å². The fraction of sp³-hybridized carbons (Fsp3) is 0.769. The lowest BCUT2D eigenvalue weighted by atomic mass is 9.84. The molecule has 0 saturated heterocycles. The second-order valence-corrected chi connectivity index (χ2v) is 5.18. The number of nitrogens with zero attached hydrogens (tertiary/aromatic N) is 3. The molecular formula is C13H21N3O2. The third-order valence-corrected chi connectivity index (χ3v) is 3.86. The van der Waals surface area contributed by atoms with Crippen LogP contribution in [0.5, 0.6) is 0 Å². The van der Waals surface area contributed by atoms with E-state index in [1.807, 2.05) is 10.9 Å². The Morgan fingerprint density at radius 2 is 2.39 bits per heavy atom. The molecule has 0 aliphatic heterocycles. The van der Waals surface area contributed by atoms with Crippen LogP contribution in [0, 0.1) is 5.92 Å². The van der Waals surface area contributed by atoms with E-state index in [4.69, 9.17) is 5.11 Å². The largest absolute Gasteiger partial charge is 0.481 e. The van der Waals surface area contributed by atoms with E-state index in [9.17, 15) is 4.79 Å². The number of carbonyl (C=O) groups is 1. The van der Waals surface area contributed by atoms with Gasteiger partial charge in [-0.05, 0) is 18.8 Å². The summed E-state index contributed by atoms with van der Waals surface area (Å²) in [6.45, 7) is 2.24. The number of carboxylic acids is 1. The van der Waals surface area contributed by atoms with Gasteiger partial charge < -0.3 is 5.11 Å². The van der Waals surface area contributed by atoms with Crippen molar-refractivity contribution in [2.45, 2.75) is 57.9 Å². The Labute approximate surface area is 107 Å². The molecule has 1 aliphatic carbocycles. The molecule has 100 valence electrons. The van der Waals surface area contributed by atoms with Crippen LogP contribution in [-0.2, 0) is 11.2 Å². The minimum Gasteiger partial charge on any atom is -0.481 e.